The SMILES string of the molecule is CCOC(=O)Cc1csc(Nc2cc(Cl)ccc2Br)n1. The van der Waals surface area contributed by atoms with Crippen LogP contribution in [0.2, 0.25) is 5.02 Å². The number of anilines is 2. The molecule has 4 nitrogen and oxygen atoms in total. The van der Waals surface area contributed by atoms with E-state index in [4.69, 9.17) is 16.3 Å². The van der Waals surface area contributed by atoms with Crippen molar-refractivity contribution in [2.45, 2.75) is 13.3 Å². The van der Waals surface area contributed by atoms with Crippen LogP contribution in [0.25, 0.3) is 0 Å². The number of benzene rings is 1. The summed E-state index contributed by atoms with van der Waals surface area (Å²) in [7, 11) is 0. The van der Waals surface area contributed by atoms with Crippen molar-refractivity contribution in [1.82, 2.24) is 4.98 Å². The Labute approximate surface area is 134 Å². The molecular weight excluding hydrogens is 364 g/mol. The summed E-state index contributed by atoms with van der Waals surface area (Å²) in [5.41, 5.74) is 1.52. The largest absolute Gasteiger partial charge is 0.466 e. The highest BCUT2D eigenvalue weighted by molar-refractivity contribution is 9.10. The normalized spacial score (nSPS) is 10.3. The van der Waals surface area contributed by atoms with E-state index in [1.165, 1.54) is 11.3 Å². The molecule has 0 amide bonds. The van der Waals surface area contributed by atoms with Gasteiger partial charge in [0.1, 0.15) is 0 Å². The van der Waals surface area contributed by atoms with Gasteiger partial charge in [0, 0.05) is 14.9 Å². The van der Waals surface area contributed by atoms with Gasteiger partial charge in [-0.05, 0) is 41.1 Å². The lowest BCUT2D eigenvalue weighted by atomic mass is 10.3. The van der Waals surface area contributed by atoms with Gasteiger partial charge in [0.15, 0.2) is 5.13 Å². The number of nitrogens with zero attached hydrogens (tertiary/aromatic N) is 1. The molecule has 0 saturated heterocycles. The number of aromatic nitrogens is 1. The molecule has 0 bridgehead atoms. The first kappa shape index (κ1) is 15.3. The van der Waals surface area contributed by atoms with Gasteiger partial charge in [-0.2, -0.15) is 0 Å². The molecule has 0 saturated carbocycles. The van der Waals surface area contributed by atoms with Gasteiger partial charge in [-0.3, -0.25) is 4.79 Å². The highest BCUT2D eigenvalue weighted by Gasteiger charge is 2.09. The molecule has 0 unspecified atom stereocenters. The number of carbonyl (C=O) groups is 1. The third-order valence-electron chi connectivity index (χ3n) is 2.35. The summed E-state index contributed by atoms with van der Waals surface area (Å²) in [6.45, 7) is 2.16. The number of nitrogens with one attached hydrogen (secondary N) is 1. The topological polar surface area (TPSA) is 51.2 Å². The van der Waals surface area contributed by atoms with Crippen LogP contribution >= 0.6 is 38.9 Å². The molecule has 0 atom stereocenters. The molecule has 0 aliphatic carbocycles. The number of halogens is 2. The van der Waals surface area contributed by atoms with E-state index in [1.807, 2.05) is 11.4 Å². The number of hydrogen-bond donors (Lipinski definition) is 1. The summed E-state index contributed by atoms with van der Waals surface area (Å²) in [6, 6.07) is 5.46. The molecule has 20 heavy (non-hydrogen) atoms. The van der Waals surface area contributed by atoms with Gasteiger partial charge in [-0.1, -0.05) is 11.6 Å². The van der Waals surface area contributed by atoms with Crippen LogP contribution in [0.15, 0.2) is 28.1 Å². The van der Waals surface area contributed by atoms with Crippen molar-refractivity contribution >= 4 is 55.7 Å². The second kappa shape index (κ2) is 7.06. The predicted octanol–water partition coefficient (Wildman–Crippen LogP) is 4.41. The van der Waals surface area contributed by atoms with Crippen molar-refractivity contribution in [2.75, 3.05) is 11.9 Å². The van der Waals surface area contributed by atoms with Crippen LogP contribution in [-0.2, 0) is 16.0 Å². The quantitative estimate of drug-likeness (QED) is 0.787. The highest BCUT2D eigenvalue weighted by Crippen LogP contribution is 2.30. The fourth-order valence-electron chi connectivity index (χ4n) is 1.51. The summed E-state index contributed by atoms with van der Waals surface area (Å²) in [4.78, 5) is 15.7. The molecule has 106 valence electrons. The summed E-state index contributed by atoms with van der Waals surface area (Å²) >= 11 is 10.8. The number of rotatable bonds is 5. The molecule has 1 aromatic carbocycles. The number of carbonyl (C=O) groups excluding carboxylic acids is 1. The average molecular weight is 376 g/mol. The first-order valence-corrected chi connectivity index (χ1v) is 7.95. The molecular formula is C13H12BrClN2O2S. The van der Waals surface area contributed by atoms with E-state index in [-0.39, 0.29) is 12.4 Å². The van der Waals surface area contributed by atoms with E-state index in [1.54, 1.807) is 19.1 Å². The maximum absolute atomic E-state index is 11.4. The van der Waals surface area contributed by atoms with E-state index in [0.717, 1.165) is 10.2 Å². The third kappa shape index (κ3) is 4.19. The number of ether oxygens (including phenoxy) is 1. The monoisotopic (exact) mass is 374 g/mol. The van der Waals surface area contributed by atoms with Gasteiger partial charge in [0.05, 0.1) is 24.4 Å². The van der Waals surface area contributed by atoms with Crippen molar-refractivity contribution < 1.29 is 9.53 Å². The second-order valence-electron chi connectivity index (χ2n) is 3.87. The Balaban J connectivity index is 2.06. The Morgan fingerprint density at radius 1 is 1.55 bits per heavy atom. The lowest BCUT2D eigenvalue weighted by Gasteiger charge is -2.05. The molecule has 1 aromatic heterocycles. The molecule has 0 fully saturated rings. The fourth-order valence-corrected chi connectivity index (χ4v) is 2.75. The third-order valence-corrected chi connectivity index (χ3v) is 4.09. The molecule has 0 spiro atoms. The minimum atomic E-state index is -0.270. The first-order chi connectivity index (χ1) is 9.58. The van der Waals surface area contributed by atoms with Gasteiger partial charge < -0.3 is 10.1 Å². The molecule has 2 rings (SSSR count). The Hall–Kier alpha value is -1.11. The molecule has 0 aliphatic rings. The van der Waals surface area contributed by atoms with Crippen LogP contribution in [0.1, 0.15) is 12.6 Å². The van der Waals surface area contributed by atoms with Crippen LogP contribution in [0.4, 0.5) is 10.8 Å². The lowest BCUT2D eigenvalue weighted by molar-refractivity contribution is -0.142. The Morgan fingerprint density at radius 2 is 2.35 bits per heavy atom. The van der Waals surface area contributed by atoms with Gasteiger partial charge in [-0.25, -0.2) is 4.98 Å². The van der Waals surface area contributed by atoms with Gasteiger partial charge in [0.2, 0.25) is 0 Å². The number of hydrogen-bond acceptors (Lipinski definition) is 5. The Morgan fingerprint density at radius 3 is 3.10 bits per heavy atom. The first-order valence-electron chi connectivity index (χ1n) is 5.90. The van der Waals surface area contributed by atoms with Gasteiger partial charge in [-0.15, -0.1) is 11.3 Å². The zero-order valence-electron chi connectivity index (χ0n) is 10.7. The van der Waals surface area contributed by atoms with Crippen LogP contribution in [0.5, 0.6) is 0 Å². The maximum Gasteiger partial charge on any atom is 0.311 e. The van der Waals surface area contributed by atoms with Crippen LogP contribution in [0.3, 0.4) is 0 Å². The Kier molecular flexibility index (Phi) is 5.39. The lowest BCUT2D eigenvalue weighted by Crippen LogP contribution is -2.07. The standard InChI is InChI=1S/C13H12BrClN2O2S/c1-2-19-12(18)6-9-7-20-13(16-9)17-11-5-8(15)3-4-10(11)14/h3-5,7H,2,6H2,1H3,(H,16,17). The van der Waals surface area contributed by atoms with E-state index in [0.29, 0.717) is 22.5 Å². The number of thiazole rings is 1. The molecule has 0 aliphatic heterocycles. The van der Waals surface area contributed by atoms with Crippen LogP contribution in [-0.4, -0.2) is 17.6 Å². The summed E-state index contributed by atoms with van der Waals surface area (Å²) < 4.78 is 5.78. The minimum absolute atomic E-state index is 0.183. The number of esters is 1. The highest BCUT2D eigenvalue weighted by atomic mass is 79.9. The van der Waals surface area contributed by atoms with Gasteiger partial charge >= 0.3 is 5.97 Å². The van der Waals surface area contributed by atoms with Crippen molar-refractivity contribution in [3.63, 3.8) is 0 Å². The fraction of sp³-hybridized carbons (Fsp3) is 0.231. The van der Waals surface area contributed by atoms with E-state index < -0.39 is 0 Å². The summed E-state index contributed by atoms with van der Waals surface area (Å²) in [5.74, 6) is -0.270. The van der Waals surface area contributed by atoms with Crippen LogP contribution in [0, 0.1) is 0 Å². The van der Waals surface area contributed by atoms with Crippen LogP contribution < -0.4 is 5.32 Å². The summed E-state index contributed by atoms with van der Waals surface area (Å²) in [6.07, 6.45) is 0.183. The smallest absolute Gasteiger partial charge is 0.311 e. The van der Waals surface area contributed by atoms with Crippen molar-refractivity contribution in [1.29, 1.82) is 0 Å². The zero-order chi connectivity index (χ0) is 14.5. The zero-order valence-corrected chi connectivity index (χ0v) is 13.8. The van der Waals surface area contributed by atoms with Crippen molar-refractivity contribution in [3.8, 4) is 0 Å². The summed E-state index contributed by atoms with van der Waals surface area (Å²) in [5, 5.41) is 6.33. The second-order valence-corrected chi connectivity index (χ2v) is 6.02. The minimum Gasteiger partial charge on any atom is -0.466 e. The van der Waals surface area contributed by atoms with Gasteiger partial charge in [0.25, 0.3) is 0 Å². The Bertz CT molecular complexity index is 618. The molecule has 1 heterocycles. The molecule has 0 radical (unpaired) electrons. The van der Waals surface area contributed by atoms with Crippen molar-refractivity contribution in [2.24, 2.45) is 0 Å². The molecule has 2 aromatic rings. The average Bonchev–Trinajstić information content (AvgIpc) is 2.81. The van der Waals surface area contributed by atoms with E-state index in [9.17, 15) is 4.79 Å². The van der Waals surface area contributed by atoms with E-state index in [2.05, 4.69) is 26.2 Å². The molecule has 7 heteroatoms. The predicted molar refractivity (Wildman–Crippen MR) is 84.9 cm³/mol. The van der Waals surface area contributed by atoms with E-state index >= 15 is 0 Å². The molecule has 1 N–H and O–H groups in total. The van der Waals surface area contributed by atoms with Crippen molar-refractivity contribution in [3.05, 3.63) is 38.8 Å². The maximum atomic E-state index is 11.4.